The molecule has 0 N–H and O–H groups in total. The maximum atomic E-state index is 5.32. The molecule has 64 valence electrons. The van der Waals surface area contributed by atoms with Gasteiger partial charge in [0.25, 0.3) is 0 Å². The molecule has 0 bridgehead atoms. The Morgan fingerprint density at radius 3 is 2.82 bits per heavy atom. The van der Waals surface area contributed by atoms with Crippen molar-refractivity contribution in [2.45, 2.75) is 43.2 Å². The van der Waals surface area contributed by atoms with Crippen LogP contribution in [0.15, 0.2) is 0 Å². The quantitative estimate of drug-likeness (QED) is 0.605. The summed E-state index contributed by atoms with van der Waals surface area (Å²) in [6.45, 7) is 5.05. The predicted molar refractivity (Wildman–Crippen MR) is 45.7 cm³/mol. The lowest BCUT2D eigenvalue weighted by molar-refractivity contribution is 0.0593. The summed E-state index contributed by atoms with van der Waals surface area (Å²) in [5, 5.41) is 1.71. The Morgan fingerprint density at radius 2 is 2.27 bits per heavy atom. The van der Waals surface area contributed by atoms with Crippen LogP contribution in [0.25, 0.3) is 0 Å². The molecule has 2 aliphatic heterocycles. The molecular weight excluding hydrogens is 160 g/mol. The van der Waals surface area contributed by atoms with Crippen molar-refractivity contribution in [2.75, 3.05) is 6.61 Å². The van der Waals surface area contributed by atoms with Crippen molar-refractivity contribution in [2.24, 2.45) is 0 Å². The Balaban J connectivity index is 1.60. The van der Waals surface area contributed by atoms with Gasteiger partial charge < -0.3 is 9.47 Å². The molecule has 0 aromatic rings. The van der Waals surface area contributed by atoms with E-state index in [2.05, 4.69) is 6.92 Å². The highest BCUT2D eigenvalue weighted by Gasteiger charge is 2.46. The fraction of sp³-hybridized carbons (Fsp3) is 1.00. The van der Waals surface area contributed by atoms with E-state index in [4.69, 9.17) is 9.47 Å². The van der Waals surface area contributed by atoms with Crippen LogP contribution in [0.1, 0.15) is 20.3 Å². The molecule has 4 unspecified atom stereocenters. The lowest BCUT2D eigenvalue weighted by atomic mass is 10.2. The number of thioether (sulfide) groups is 1. The Morgan fingerprint density at radius 1 is 1.55 bits per heavy atom. The molecule has 4 atom stereocenters. The molecule has 2 rings (SSSR count). The summed E-state index contributed by atoms with van der Waals surface area (Å²) in [6, 6.07) is 0. The highest BCUT2D eigenvalue weighted by atomic mass is 32.2. The first kappa shape index (κ1) is 7.90. The Labute approximate surface area is 71.6 Å². The van der Waals surface area contributed by atoms with Gasteiger partial charge in [0.1, 0.15) is 6.10 Å². The summed E-state index contributed by atoms with van der Waals surface area (Å²) in [5.41, 5.74) is 0. The van der Waals surface area contributed by atoms with Gasteiger partial charge in [0.05, 0.1) is 0 Å². The van der Waals surface area contributed by atoms with Crippen molar-refractivity contribution >= 4 is 11.8 Å². The van der Waals surface area contributed by atoms with Crippen molar-refractivity contribution in [1.82, 2.24) is 0 Å². The molecule has 0 saturated carbocycles. The van der Waals surface area contributed by atoms with Gasteiger partial charge in [-0.2, -0.15) is 11.8 Å². The molecule has 0 radical (unpaired) electrons. The first-order chi connectivity index (χ1) is 5.31. The number of ether oxygens (including phenoxy) is 2. The monoisotopic (exact) mass is 174 g/mol. The zero-order chi connectivity index (χ0) is 7.84. The summed E-state index contributed by atoms with van der Waals surface area (Å²) in [7, 11) is 0. The smallest absolute Gasteiger partial charge is 0.184 e. The summed E-state index contributed by atoms with van der Waals surface area (Å²) < 4.78 is 10.6. The van der Waals surface area contributed by atoms with Crippen LogP contribution >= 0.6 is 11.8 Å². The fourth-order valence-electron chi connectivity index (χ4n) is 1.31. The first-order valence-electron chi connectivity index (χ1n) is 4.23. The fourth-order valence-corrected chi connectivity index (χ4v) is 2.18. The second-order valence-corrected chi connectivity index (χ2v) is 4.73. The average Bonchev–Trinajstić information content (AvgIpc) is 2.80. The standard InChI is InChI=1S/C8H14O2S/c1-3-9-8-6(10-8)4-7-5(2)11-7/h5-8H,3-4H2,1-2H3. The lowest BCUT2D eigenvalue weighted by Crippen LogP contribution is -2.02. The molecule has 2 saturated heterocycles. The molecule has 2 heterocycles. The number of rotatable bonds is 4. The molecule has 11 heavy (non-hydrogen) atoms. The van der Waals surface area contributed by atoms with Crippen LogP contribution in [0.5, 0.6) is 0 Å². The van der Waals surface area contributed by atoms with Gasteiger partial charge in [-0.05, 0) is 13.3 Å². The zero-order valence-electron chi connectivity index (χ0n) is 6.95. The third-order valence-corrected chi connectivity index (χ3v) is 3.56. The van der Waals surface area contributed by atoms with Gasteiger partial charge in [-0.15, -0.1) is 0 Å². The van der Waals surface area contributed by atoms with Crippen molar-refractivity contribution in [3.63, 3.8) is 0 Å². The zero-order valence-corrected chi connectivity index (χ0v) is 7.76. The molecule has 0 aromatic heterocycles. The van der Waals surface area contributed by atoms with E-state index < -0.39 is 0 Å². The van der Waals surface area contributed by atoms with E-state index in [9.17, 15) is 0 Å². The minimum absolute atomic E-state index is 0.133. The second kappa shape index (κ2) is 2.96. The summed E-state index contributed by atoms with van der Waals surface area (Å²) in [4.78, 5) is 0. The van der Waals surface area contributed by atoms with Crippen LogP contribution in [0.2, 0.25) is 0 Å². The van der Waals surface area contributed by atoms with E-state index in [0.29, 0.717) is 6.10 Å². The molecule has 0 amide bonds. The van der Waals surface area contributed by atoms with Crippen LogP contribution in [-0.2, 0) is 9.47 Å². The lowest BCUT2D eigenvalue weighted by Gasteiger charge is -1.92. The molecule has 2 aliphatic rings. The minimum atomic E-state index is 0.133. The topological polar surface area (TPSA) is 21.8 Å². The van der Waals surface area contributed by atoms with E-state index in [-0.39, 0.29) is 6.29 Å². The molecular formula is C8H14O2S. The average molecular weight is 174 g/mol. The van der Waals surface area contributed by atoms with Crippen LogP contribution in [-0.4, -0.2) is 29.5 Å². The second-order valence-electron chi connectivity index (χ2n) is 3.11. The van der Waals surface area contributed by atoms with Gasteiger partial charge in [0.15, 0.2) is 6.29 Å². The normalized spacial score (nSPS) is 47.5. The largest absolute Gasteiger partial charge is 0.350 e. The number of hydrogen-bond acceptors (Lipinski definition) is 3. The third kappa shape index (κ3) is 1.89. The van der Waals surface area contributed by atoms with E-state index in [0.717, 1.165) is 17.1 Å². The number of epoxide rings is 1. The highest BCUT2D eigenvalue weighted by molar-refractivity contribution is 8.07. The first-order valence-corrected chi connectivity index (χ1v) is 5.18. The Bertz CT molecular complexity index is 151. The van der Waals surface area contributed by atoms with Gasteiger partial charge in [0.2, 0.25) is 0 Å². The van der Waals surface area contributed by atoms with Crippen LogP contribution in [0.4, 0.5) is 0 Å². The van der Waals surface area contributed by atoms with Gasteiger partial charge in [-0.1, -0.05) is 6.92 Å². The molecule has 2 fully saturated rings. The number of hydrogen-bond donors (Lipinski definition) is 0. The summed E-state index contributed by atoms with van der Waals surface area (Å²) >= 11 is 2.04. The van der Waals surface area contributed by atoms with Gasteiger partial charge >= 0.3 is 0 Å². The maximum absolute atomic E-state index is 5.32. The summed E-state index contributed by atoms with van der Waals surface area (Å²) in [5.74, 6) is 0. The SMILES string of the molecule is CCOC1OC1CC1SC1C. The molecule has 3 heteroatoms. The molecule has 2 nitrogen and oxygen atoms in total. The Hall–Kier alpha value is 0.270. The van der Waals surface area contributed by atoms with Gasteiger partial charge in [0, 0.05) is 17.1 Å². The third-order valence-electron chi connectivity index (χ3n) is 2.17. The van der Waals surface area contributed by atoms with Crippen LogP contribution in [0, 0.1) is 0 Å². The molecule has 0 aromatic carbocycles. The molecule has 0 aliphatic carbocycles. The van der Waals surface area contributed by atoms with E-state index >= 15 is 0 Å². The van der Waals surface area contributed by atoms with Gasteiger partial charge in [-0.3, -0.25) is 0 Å². The predicted octanol–water partition coefficient (Wildman–Crippen LogP) is 1.64. The van der Waals surface area contributed by atoms with E-state index in [1.807, 2.05) is 18.7 Å². The Kier molecular flexibility index (Phi) is 2.12. The van der Waals surface area contributed by atoms with E-state index in [1.54, 1.807) is 0 Å². The van der Waals surface area contributed by atoms with Crippen molar-refractivity contribution in [3.8, 4) is 0 Å². The van der Waals surface area contributed by atoms with E-state index in [1.165, 1.54) is 6.42 Å². The minimum Gasteiger partial charge on any atom is -0.350 e. The molecule has 0 spiro atoms. The maximum Gasteiger partial charge on any atom is 0.184 e. The summed E-state index contributed by atoms with van der Waals surface area (Å²) in [6.07, 6.45) is 1.74. The van der Waals surface area contributed by atoms with Crippen molar-refractivity contribution in [1.29, 1.82) is 0 Å². The van der Waals surface area contributed by atoms with Crippen molar-refractivity contribution in [3.05, 3.63) is 0 Å². The van der Waals surface area contributed by atoms with Crippen LogP contribution in [0.3, 0.4) is 0 Å². The van der Waals surface area contributed by atoms with Crippen molar-refractivity contribution < 1.29 is 9.47 Å². The highest BCUT2D eigenvalue weighted by Crippen LogP contribution is 2.46. The van der Waals surface area contributed by atoms with Crippen LogP contribution < -0.4 is 0 Å². The van der Waals surface area contributed by atoms with Gasteiger partial charge in [-0.25, -0.2) is 0 Å².